The monoisotopic (exact) mass is 701 g/mol. The first-order chi connectivity index (χ1) is 24.6. The molecule has 7 bridgehead atoms. The predicted octanol–water partition coefficient (Wildman–Crippen LogP) is 3.87. The Labute approximate surface area is 299 Å². The number of nitrogens with one attached hydrogen (secondary N) is 1. The molecule has 11 heteroatoms. The highest BCUT2D eigenvalue weighted by molar-refractivity contribution is 6.06. The normalized spacial score (nSPS) is 41.9. The molecule has 8 rings (SSSR count). The number of hydrogen-bond donors (Lipinski definition) is 3. The maximum Gasteiger partial charge on any atom is 0.340 e. The molecule has 0 radical (unpaired) electrons. The van der Waals surface area contributed by atoms with E-state index in [0.29, 0.717) is 56.6 Å². The minimum Gasteiger partial charge on any atom is -0.454 e. The number of likely N-dealkylation sites (tertiary alicyclic amines) is 1. The first kappa shape index (κ1) is 34.9. The molecule has 1 aliphatic heterocycles. The third kappa shape index (κ3) is 4.61. The van der Waals surface area contributed by atoms with Crippen molar-refractivity contribution in [3.05, 3.63) is 65.5 Å². The van der Waals surface area contributed by atoms with Gasteiger partial charge in [-0.3, -0.25) is 14.7 Å². The largest absolute Gasteiger partial charge is 0.454 e. The van der Waals surface area contributed by atoms with Gasteiger partial charge in [-0.25, -0.2) is 4.79 Å². The molecule has 2 unspecified atom stereocenters. The standard InChI is InChI=1S/C40H51N3O8/c1-6-23-15-17-41-24(18-23)12-13-33(44)42-28-11-9-8-10-25(28)36(45)51-37-16-14-32(49-4)39-30(37)20-27(34(39)43(7-2)22-37)38(46)21-29(48-3)26-19-31(39)40(38,47)35(26)50-5/h8-13,15,17-18,26-27,29-32,34-35,46-47H,6-7,14,16,19-22H2,1-5H3,(H,42,44)/b13-12+/t26-,27-,29+,30-,31+,32+,34?,35+,37-,38+,39+,40?/m1/s1. The second kappa shape index (κ2) is 12.5. The fraction of sp³-hybridized carbons (Fsp3) is 0.625. The van der Waals surface area contributed by atoms with Gasteiger partial charge in [0.15, 0.2) is 0 Å². The fourth-order valence-corrected chi connectivity index (χ4v) is 12.6. The number of anilines is 1. The first-order valence-electron chi connectivity index (χ1n) is 18.6. The molecule has 1 saturated heterocycles. The summed E-state index contributed by atoms with van der Waals surface area (Å²) >= 11 is 0. The van der Waals surface area contributed by atoms with E-state index in [-0.39, 0.29) is 53.4 Å². The SMILES string of the molecule is CCc1ccnc(/C=C/C(=O)Nc2ccccc2C(=O)O[C@@]23CC[C@H](OC)[C@]45C([C@@H](C[C@H]24)[C@@]2(O)C[C@H](OC)[C@H]4C[C@@H]5C2(O)[C@H]4OC)N(CC)C3)c1. The van der Waals surface area contributed by atoms with Crippen molar-refractivity contribution in [3.8, 4) is 0 Å². The summed E-state index contributed by atoms with van der Waals surface area (Å²) in [5.41, 5.74) is -2.02. The van der Waals surface area contributed by atoms with Gasteiger partial charge in [0.25, 0.3) is 0 Å². The second-order valence-electron chi connectivity index (χ2n) is 15.8. The molecule has 5 saturated carbocycles. The number of hydrogen-bond acceptors (Lipinski definition) is 10. The third-order valence-electron chi connectivity index (χ3n) is 14.2. The summed E-state index contributed by atoms with van der Waals surface area (Å²) in [5.74, 6) is -1.81. The maximum atomic E-state index is 14.4. The zero-order valence-electron chi connectivity index (χ0n) is 30.2. The van der Waals surface area contributed by atoms with Crippen molar-refractivity contribution in [2.24, 2.45) is 29.1 Å². The lowest BCUT2D eigenvalue weighted by molar-refractivity contribution is -0.337. The van der Waals surface area contributed by atoms with Crippen LogP contribution in [0.5, 0.6) is 0 Å². The quantitative estimate of drug-likeness (QED) is 0.247. The Morgan fingerprint density at radius 3 is 2.59 bits per heavy atom. The summed E-state index contributed by atoms with van der Waals surface area (Å²) in [4.78, 5) is 34.3. The van der Waals surface area contributed by atoms with E-state index in [0.717, 1.165) is 12.0 Å². The number of aliphatic hydroxyl groups is 2. The van der Waals surface area contributed by atoms with E-state index in [2.05, 4.69) is 29.0 Å². The van der Waals surface area contributed by atoms with Crippen molar-refractivity contribution in [3.63, 3.8) is 0 Å². The van der Waals surface area contributed by atoms with Gasteiger partial charge in [0.2, 0.25) is 5.91 Å². The van der Waals surface area contributed by atoms with Crippen molar-refractivity contribution < 1.29 is 38.7 Å². The number of aromatic nitrogens is 1. The molecular formula is C40H51N3O8. The Kier molecular flexibility index (Phi) is 8.52. The number of para-hydroxylation sites is 1. The van der Waals surface area contributed by atoms with Gasteiger partial charge in [0.1, 0.15) is 16.8 Å². The highest BCUT2D eigenvalue weighted by Crippen LogP contribution is 2.79. The van der Waals surface area contributed by atoms with Gasteiger partial charge in [-0.05, 0) is 74.6 Å². The summed E-state index contributed by atoms with van der Waals surface area (Å²) in [6.07, 6.45) is 7.38. The number of aryl methyl sites for hydroxylation is 1. The lowest BCUT2D eigenvalue weighted by Crippen LogP contribution is -2.83. The van der Waals surface area contributed by atoms with Crippen molar-refractivity contribution in [2.75, 3.05) is 39.7 Å². The smallest absolute Gasteiger partial charge is 0.340 e. The van der Waals surface area contributed by atoms with Crippen LogP contribution in [0.3, 0.4) is 0 Å². The van der Waals surface area contributed by atoms with E-state index in [4.69, 9.17) is 18.9 Å². The fourth-order valence-electron chi connectivity index (χ4n) is 12.6. The van der Waals surface area contributed by atoms with Crippen molar-refractivity contribution in [2.45, 2.75) is 93.5 Å². The molecule has 1 aromatic carbocycles. The van der Waals surface area contributed by atoms with E-state index in [9.17, 15) is 19.8 Å². The number of carbonyl (C=O) groups is 2. The van der Waals surface area contributed by atoms with E-state index in [1.807, 2.05) is 12.1 Å². The molecule has 6 fully saturated rings. The van der Waals surface area contributed by atoms with Crippen LogP contribution in [0.2, 0.25) is 0 Å². The van der Waals surface area contributed by atoms with Crippen molar-refractivity contribution in [1.29, 1.82) is 0 Å². The average molecular weight is 702 g/mol. The van der Waals surface area contributed by atoms with Crippen LogP contribution in [0, 0.1) is 29.1 Å². The third-order valence-corrected chi connectivity index (χ3v) is 14.2. The first-order valence-corrected chi connectivity index (χ1v) is 18.6. The summed E-state index contributed by atoms with van der Waals surface area (Å²) < 4.78 is 25.3. The Bertz CT molecular complexity index is 1740. The Morgan fingerprint density at radius 2 is 1.86 bits per heavy atom. The van der Waals surface area contributed by atoms with Crippen LogP contribution in [-0.2, 0) is 30.2 Å². The lowest BCUT2D eigenvalue weighted by atomic mass is 9.44. The number of amides is 1. The van der Waals surface area contributed by atoms with E-state index < -0.39 is 34.3 Å². The zero-order chi connectivity index (χ0) is 35.9. The second-order valence-corrected chi connectivity index (χ2v) is 15.8. The number of pyridine rings is 1. The molecule has 51 heavy (non-hydrogen) atoms. The Balaban J connectivity index is 1.14. The molecule has 2 aromatic rings. The van der Waals surface area contributed by atoms with E-state index >= 15 is 0 Å². The van der Waals surface area contributed by atoms with Crippen LogP contribution < -0.4 is 5.32 Å². The molecule has 1 aromatic heterocycles. The molecular weight excluding hydrogens is 650 g/mol. The number of esters is 1. The molecule has 5 aliphatic carbocycles. The average Bonchev–Trinajstić information content (AvgIpc) is 3.57. The summed E-state index contributed by atoms with van der Waals surface area (Å²) in [6, 6.07) is 10.7. The Morgan fingerprint density at radius 1 is 1.06 bits per heavy atom. The van der Waals surface area contributed by atoms with Gasteiger partial charge >= 0.3 is 5.97 Å². The minimum atomic E-state index is -1.50. The number of methoxy groups -OCH3 is 3. The summed E-state index contributed by atoms with van der Waals surface area (Å²) in [6.45, 7) is 5.38. The summed E-state index contributed by atoms with van der Waals surface area (Å²) in [5, 5.41) is 28.8. The Hall–Kier alpha value is -3.19. The zero-order valence-corrected chi connectivity index (χ0v) is 30.2. The topological polar surface area (TPSA) is 140 Å². The van der Waals surface area contributed by atoms with E-state index in [1.165, 1.54) is 6.08 Å². The van der Waals surface area contributed by atoms with Crippen LogP contribution in [-0.4, -0.2) is 108 Å². The maximum absolute atomic E-state index is 14.4. The highest BCUT2D eigenvalue weighted by Gasteiger charge is 2.89. The van der Waals surface area contributed by atoms with Gasteiger partial charge in [0, 0.05) is 81.7 Å². The number of carbonyl (C=O) groups excluding carboxylic acids is 2. The van der Waals surface area contributed by atoms with Crippen molar-refractivity contribution in [1.82, 2.24) is 9.88 Å². The van der Waals surface area contributed by atoms with Gasteiger partial charge in [-0.2, -0.15) is 0 Å². The van der Waals surface area contributed by atoms with Gasteiger partial charge < -0.3 is 34.5 Å². The number of ether oxygens (including phenoxy) is 4. The predicted molar refractivity (Wildman–Crippen MR) is 189 cm³/mol. The van der Waals surface area contributed by atoms with E-state index in [1.54, 1.807) is 57.9 Å². The number of fused-ring (bicyclic) bond motifs is 2. The molecule has 2 heterocycles. The molecule has 12 atom stereocenters. The van der Waals surface area contributed by atoms with Gasteiger partial charge in [0.05, 0.1) is 35.3 Å². The molecule has 274 valence electrons. The number of piperidine rings is 1. The van der Waals surface area contributed by atoms with Crippen LogP contribution in [0.1, 0.15) is 67.6 Å². The molecule has 11 nitrogen and oxygen atoms in total. The number of benzene rings is 1. The van der Waals surface area contributed by atoms with Gasteiger partial charge in [-0.15, -0.1) is 0 Å². The number of likely N-dealkylation sites (N-methyl/N-ethyl adjacent to an activating group) is 1. The lowest BCUT2D eigenvalue weighted by Gasteiger charge is -2.70. The highest BCUT2D eigenvalue weighted by atomic mass is 16.6. The molecule has 1 spiro atoms. The minimum absolute atomic E-state index is 0.0717. The van der Waals surface area contributed by atoms with Crippen LogP contribution in [0.4, 0.5) is 5.69 Å². The molecule has 6 aliphatic rings. The van der Waals surface area contributed by atoms with Crippen molar-refractivity contribution >= 4 is 23.6 Å². The number of nitrogens with zero attached hydrogens (tertiary/aromatic N) is 2. The number of rotatable bonds is 10. The van der Waals surface area contributed by atoms with Crippen LogP contribution in [0.15, 0.2) is 48.7 Å². The molecule has 1 amide bonds. The van der Waals surface area contributed by atoms with Crippen LogP contribution in [0.25, 0.3) is 6.08 Å². The van der Waals surface area contributed by atoms with Crippen LogP contribution >= 0.6 is 0 Å². The van der Waals surface area contributed by atoms with Gasteiger partial charge in [-0.1, -0.05) is 26.0 Å². The summed E-state index contributed by atoms with van der Waals surface area (Å²) in [7, 11) is 5.06. The molecule has 3 N–H and O–H groups in total.